The van der Waals surface area contributed by atoms with Crippen LogP contribution < -0.4 is 5.73 Å². The Balaban J connectivity index is 1.82. The van der Waals surface area contributed by atoms with Crippen molar-refractivity contribution in [3.8, 4) is 0 Å². The molecule has 4 heteroatoms. The van der Waals surface area contributed by atoms with Gasteiger partial charge in [-0.05, 0) is 24.0 Å². The molecule has 2 aliphatic heterocycles. The fraction of sp³-hybridized carbons (Fsp3) is 0.625. The van der Waals surface area contributed by atoms with Gasteiger partial charge in [0.05, 0.1) is 18.8 Å². The number of methoxy groups -OCH3 is 1. The molecule has 0 aliphatic carbocycles. The quantitative estimate of drug-likeness (QED) is 0.889. The third-order valence-electron chi connectivity index (χ3n) is 4.45. The molecular formula is C16H24N2O2. The van der Waals surface area contributed by atoms with E-state index in [2.05, 4.69) is 29.2 Å². The Hall–Kier alpha value is -0.940. The molecule has 0 spiro atoms. The van der Waals surface area contributed by atoms with E-state index in [1.807, 2.05) is 0 Å². The summed E-state index contributed by atoms with van der Waals surface area (Å²) in [5.74, 6) is 0. The topological polar surface area (TPSA) is 47.7 Å². The summed E-state index contributed by atoms with van der Waals surface area (Å²) >= 11 is 0. The molecule has 3 rings (SSSR count). The van der Waals surface area contributed by atoms with Crippen LogP contribution in [0.4, 0.5) is 0 Å². The zero-order valence-electron chi connectivity index (χ0n) is 12.1. The van der Waals surface area contributed by atoms with E-state index in [9.17, 15) is 0 Å². The summed E-state index contributed by atoms with van der Waals surface area (Å²) in [6, 6.07) is 8.74. The molecule has 4 nitrogen and oxygen atoms in total. The second kappa shape index (κ2) is 6.22. The number of morpholine rings is 1. The summed E-state index contributed by atoms with van der Waals surface area (Å²) in [5.41, 5.74) is 8.63. The van der Waals surface area contributed by atoms with Crippen LogP contribution in [0.5, 0.6) is 0 Å². The van der Waals surface area contributed by atoms with Crippen LogP contribution >= 0.6 is 0 Å². The van der Waals surface area contributed by atoms with Gasteiger partial charge in [0.2, 0.25) is 0 Å². The van der Waals surface area contributed by atoms with Crippen LogP contribution in [0, 0.1) is 0 Å². The largest absolute Gasteiger partial charge is 0.380 e. The molecular weight excluding hydrogens is 252 g/mol. The van der Waals surface area contributed by atoms with Gasteiger partial charge >= 0.3 is 0 Å². The Bertz CT molecular complexity index is 440. The van der Waals surface area contributed by atoms with Gasteiger partial charge in [-0.15, -0.1) is 0 Å². The highest BCUT2D eigenvalue weighted by atomic mass is 16.5. The van der Waals surface area contributed by atoms with Crippen molar-refractivity contribution in [3.05, 3.63) is 35.4 Å². The molecule has 20 heavy (non-hydrogen) atoms. The minimum atomic E-state index is 0.272. The lowest BCUT2D eigenvalue weighted by Crippen LogP contribution is -2.46. The Labute approximate surface area is 120 Å². The highest BCUT2D eigenvalue weighted by molar-refractivity contribution is 5.30. The van der Waals surface area contributed by atoms with Crippen LogP contribution in [0.2, 0.25) is 0 Å². The standard InChI is InChI=1S/C16H24N2O2/c1-19-11-12-4-2-3-5-15(12)16(8-17)18-9-13-6-7-14(10-18)20-13/h2-5,13-14,16H,6-11,17H2,1H3. The number of ether oxygens (including phenoxy) is 2. The molecule has 0 amide bonds. The van der Waals surface area contributed by atoms with Gasteiger partial charge < -0.3 is 15.2 Å². The van der Waals surface area contributed by atoms with Crippen molar-refractivity contribution < 1.29 is 9.47 Å². The van der Waals surface area contributed by atoms with Crippen molar-refractivity contribution in [1.29, 1.82) is 0 Å². The number of hydrogen-bond donors (Lipinski definition) is 1. The first-order chi connectivity index (χ1) is 9.81. The van der Waals surface area contributed by atoms with E-state index in [1.165, 1.54) is 24.0 Å². The first-order valence-corrected chi connectivity index (χ1v) is 7.48. The van der Waals surface area contributed by atoms with Crippen LogP contribution in [0.25, 0.3) is 0 Å². The minimum Gasteiger partial charge on any atom is -0.380 e. The normalized spacial score (nSPS) is 27.7. The van der Waals surface area contributed by atoms with E-state index >= 15 is 0 Å². The van der Waals surface area contributed by atoms with Crippen molar-refractivity contribution in [2.24, 2.45) is 5.73 Å². The van der Waals surface area contributed by atoms with E-state index in [-0.39, 0.29) is 6.04 Å². The first kappa shape index (κ1) is 14.0. The van der Waals surface area contributed by atoms with Gasteiger partial charge in [-0.25, -0.2) is 0 Å². The highest BCUT2D eigenvalue weighted by Crippen LogP contribution is 2.32. The Morgan fingerprint density at radius 1 is 1.30 bits per heavy atom. The summed E-state index contributed by atoms with van der Waals surface area (Å²) in [7, 11) is 1.74. The highest BCUT2D eigenvalue weighted by Gasteiger charge is 2.36. The van der Waals surface area contributed by atoms with Gasteiger partial charge in [0.15, 0.2) is 0 Å². The van der Waals surface area contributed by atoms with E-state index in [4.69, 9.17) is 15.2 Å². The van der Waals surface area contributed by atoms with Crippen molar-refractivity contribution in [2.45, 2.75) is 37.7 Å². The third kappa shape index (κ3) is 2.74. The number of nitrogens with two attached hydrogens (primary N) is 1. The molecule has 110 valence electrons. The lowest BCUT2D eigenvalue weighted by atomic mass is 9.98. The lowest BCUT2D eigenvalue weighted by molar-refractivity contribution is -0.0523. The molecule has 2 saturated heterocycles. The van der Waals surface area contributed by atoms with Gasteiger partial charge in [-0.3, -0.25) is 4.90 Å². The molecule has 1 aromatic rings. The second-order valence-corrected chi connectivity index (χ2v) is 5.79. The molecule has 3 atom stereocenters. The van der Waals surface area contributed by atoms with Gasteiger partial charge in [-0.2, -0.15) is 0 Å². The van der Waals surface area contributed by atoms with Crippen LogP contribution in [0.3, 0.4) is 0 Å². The Morgan fingerprint density at radius 3 is 2.65 bits per heavy atom. The van der Waals surface area contributed by atoms with Gasteiger partial charge in [0, 0.05) is 32.8 Å². The Kier molecular flexibility index (Phi) is 4.36. The van der Waals surface area contributed by atoms with Crippen LogP contribution in [0.1, 0.15) is 30.0 Å². The van der Waals surface area contributed by atoms with E-state index < -0.39 is 0 Å². The fourth-order valence-electron chi connectivity index (χ4n) is 3.52. The molecule has 0 aromatic heterocycles. The SMILES string of the molecule is COCc1ccccc1C(CN)N1CC2CCC(C1)O2. The molecule has 3 unspecified atom stereocenters. The zero-order chi connectivity index (χ0) is 13.9. The van der Waals surface area contributed by atoms with Crippen molar-refractivity contribution in [2.75, 3.05) is 26.7 Å². The number of likely N-dealkylation sites (tertiary alicyclic amines) is 1. The average Bonchev–Trinajstić information content (AvgIpc) is 2.81. The number of hydrogen-bond acceptors (Lipinski definition) is 4. The van der Waals surface area contributed by atoms with E-state index in [0.29, 0.717) is 25.4 Å². The van der Waals surface area contributed by atoms with E-state index in [1.54, 1.807) is 7.11 Å². The summed E-state index contributed by atoms with van der Waals surface area (Å²) in [6.07, 6.45) is 3.19. The number of rotatable bonds is 5. The zero-order valence-corrected chi connectivity index (χ0v) is 12.1. The lowest BCUT2D eigenvalue weighted by Gasteiger charge is -2.38. The molecule has 2 aliphatic rings. The fourth-order valence-corrected chi connectivity index (χ4v) is 3.52. The first-order valence-electron chi connectivity index (χ1n) is 7.48. The van der Waals surface area contributed by atoms with Gasteiger partial charge in [0.25, 0.3) is 0 Å². The number of benzene rings is 1. The predicted octanol–water partition coefficient (Wildman–Crippen LogP) is 1.70. The third-order valence-corrected chi connectivity index (χ3v) is 4.45. The molecule has 0 saturated carbocycles. The molecule has 2 heterocycles. The predicted molar refractivity (Wildman–Crippen MR) is 78.4 cm³/mol. The van der Waals surface area contributed by atoms with Gasteiger partial charge in [0.1, 0.15) is 0 Å². The maximum Gasteiger partial charge on any atom is 0.0716 e. The van der Waals surface area contributed by atoms with Crippen LogP contribution in [-0.2, 0) is 16.1 Å². The Morgan fingerprint density at radius 2 is 2.00 bits per heavy atom. The molecule has 0 radical (unpaired) electrons. The maximum atomic E-state index is 6.09. The van der Waals surface area contributed by atoms with E-state index in [0.717, 1.165) is 13.1 Å². The van der Waals surface area contributed by atoms with Crippen molar-refractivity contribution in [1.82, 2.24) is 4.90 Å². The second-order valence-electron chi connectivity index (χ2n) is 5.79. The summed E-state index contributed by atoms with van der Waals surface area (Å²) in [5, 5.41) is 0. The monoisotopic (exact) mass is 276 g/mol. The summed E-state index contributed by atoms with van der Waals surface area (Å²) in [4.78, 5) is 2.50. The summed E-state index contributed by atoms with van der Waals surface area (Å²) < 4.78 is 11.2. The van der Waals surface area contributed by atoms with Crippen molar-refractivity contribution in [3.63, 3.8) is 0 Å². The van der Waals surface area contributed by atoms with Crippen molar-refractivity contribution >= 4 is 0 Å². The minimum absolute atomic E-state index is 0.272. The maximum absolute atomic E-state index is 6.09. The molecule has 2 bridgehead atoms. The molecule has 1 aromatic carbocycles. The van der Waals surface area contributed by atoms with Crippen LogP contribution in [-0.4, -0.2) is 43.9 Å². The molecule has 2 N–H and O–H groups in total. The molecule has 2 fully saturated rings. The average molecular weight is 276 g/mol. The summed E-state index contributed by atoms with van der Waals surface area (Å²) in [6.45, 7) is 3.28. The number of fused-ring (bicyclic) bond motifs is 2. The number of nitrogens with zero attached hydrogens (tertiary/aromatic N) is 1. The van der Waals surface area contributed by atoms with Crippen LogP contribution in [0.15, 0.2) is 24.3 Å². The van der Waals surface area contributed by atoms with Gasteiger partial charge in [-0.1, -0.05) is 24.3 Å². The smallest absolute Gasteiger partial charge is 0.0716 e.